The average Bonchev–Trinajstić information content (AvgIpc) is 2.72. The van der Waals surface area contributed by atoms with Gasteiger partial charge >= 0.3 is 0 Å². The first-order valence-corrected chi connectivity index (χ1v) is 11.2. The molecule has 120 valence electrons. The van der Waals surface area contributed by atoms with Crippen molar-refractivity contribution in [1.29, 1.82) is 0 Å². The van der Waals surface area contributed by atoms with Crippen molar-refractivity contribution in [2.75, 3.05) is 20.0 Å². The van der Waals surface area contributed by atoms with Gasteiger partial charge in [-0.05, 0) is 11.1 Å². The number of rotatable bonds is 1. The van der Waals surface area contributed by atoms with Gasteiger partial charge in [-0.2, -0.15) is 0 Å². The molecule has 2 aromatic rings. The first kappa shape index (κ1) is 20.3. The molecular formula is C17H19BrCl3P. The molecule has 1 aliphatic carbocycles. The zero-order valence-corrected chi connectivity index (χ0v) is 17.5. The van der Waals surface area contributed by atoms with Gasteiger partial charge in [-0.1, -0.05) is 83.3 Å². The molecule has 0 spiro atoms. The number of halogens is 4. The minimum atomic E-state index is -0.928. The highest BCUT2D eigenvalue weighted by Gasteiger charge is 2.41. The Bertz CT molecular complexity index is 575. The Morgan fingerprint density at radius 1 is 0.773 bits per heavy atom. The van der Waals surface area contributed by atoms with Crippen molar-refractivity contribution in [3.63, 3.8) is 0 Å². The maximum Gasteiger partial charge on any atom is 0.180 e. The largest absolute Gasteiger partial charge is 1.00 e. The van der Waals surface area contributed by atoms with Gasteiger partial charge < -0.3 is 17.0 Å². The zero-order valence-electron chi connectivity index (χ0n) is 12.7. The molecule has 0 amide bonds. The van der Waals surface area contributed by atoms with Gasteiger partial charge in [0.2, 0.25) is 0 Å². The lowest BCUT2D eigenvalue weighted by molar-refractivity contribution is -0.00000421. The molecule has 0 nitrogen and oxygen atoms in total. The Morgan fingerprint density at radius 3 is 1.41 bits per heavy atom. The highest BCUT2D eigenvalue weighted by atomic mass is 79.9. The summed E-state index contributed by atoms with van der Waals surface area (Å²) in [5.41, 5.74) is 6.60. The van der Waals surface area contributed by atoms with Gasteiger partial charge in [-0.15, -0.1) is 0 Å². The van der Waals surface area contributed by atoms with Crippen LogP contribution < -0.4 is 17.0 Å². The summed E-state index contributed by atoms with van der Waals surface area (Å²) in [5, 5.41) is 0. The SMILES string of the molecule is C[P+](C)(C)C1c2ccccc2-c2ccccc21.ClC(Cl)Cl.[Br-]. The fourth-order valence-corrected chi connectivity index (χ4v) is 5.08. The topological polar surface area (TPSA) is 0 Å². The molecule has 0 aliphatic heterocycles. The van der Waals surface area contributed by atoms with Crippen molar-refractivity contribution < 1.29 is 17.0 Å². The van der Waals surface area contributed by atoms with Crippen LogP contribution >= 0.6 is 42.1 Å². The summed E-state index contributed by atoms with van der Waals surface area (Å²) in [6.07, 6.45) is 0. The lowest BCUT2D eigenvalue weighted by Crippen LogP contribution is -3.00. The van der Waals surface area contributed by atoms with Gasteiger partial charge in [0.1, 0.15) is 5.66 Å². The van der Waals surface area contributed by atoms with Crippen LogP contribution in [0.2, 0.25) is 0 Å². The standard InChI is InChI=1S/C16H18P.CHCl3.BrH/c1-17(2,3)16-14-10-6-4-8-12(14)13-9-5-7-11-15(13)16;2-1(3)4;/h4-11,16H,1-3H3;1H;1H/q+1;;/p-1. The molecule has 0 fully saturated rings. The molecular weight excluding hydrogens is 421 g/mol. The summed E-state index contributed by atoms with van der Waals surface area (Å²) in [6.45, 7) is 7.32. The van der Waals surface area contributed by atoms with Gasteiger partial charge in [-0.3, -0.25) is 0 Å². The van der Waals surface area contributed by atoms with E-state index in [0.29, 0.717) is 5.66 Å². The minimum absolute atomic E-state index is 0. The van der Waals surface area contributed by atoms with Crippen molar-refractivity contribution in [2.24, 2.45) is 0 Å². The lowest BCUT2D eigenvalue weighted by Gasteiger charge is -2.22. The van der Waals surface area contributed by atoms with E-state index in [0.717, 1.165) is 0 Å². The van der Waals surface area contributed by atoms with Crippen molar-refractivity contribution in [3.05, 3.63) is 59.7 Å². The van der Waals surface area contributed by atoms with E-state index in [9.17, 15) is 0 Å². The van der Waals surface area contributed by atoms with E-state index in [-0.39, 0.29) is 17.0 Å². The van der Waals surface area contributed by atoms with Crippen molar-refractivity contribution in [2.45, 2.75) is 9.95 Å². The predicted molar refractivity (Wildman–Crippen MR) is 99.8 cm³/mol. The van der Waals surface area contributed by atoms with Crippen LogP contribution in [0.3, 0.4) is 0 Å². The molecule has 0 heterocycles. The quantitative estimate of drug-likeness (QED) is 0.469. The van der Waals surface area contributed by atoms with E-state index in [2.05, 4.69) is 68.5 Å². The van der Waals surface area contributed by atoms with Crippen LogP contribution in [0.4, 0.5) is 0 Å². The van der Waals surface area contributed by atoms with Gasteiger partial charge in [0.05, 0.1) is 0 Å². The highest BCUT2D eigenvalue weighted by Crippen LogP contribution is 2.68. The van der Waals surface area contributed by atoms with Crippen molar-refractivity contribution in [3.8, 4) is 11.1 Å². The van der Waals surface area contributed by atoms with Gasteiger partial charge in [0.15, 0.2) is 4.30 Å². The molecule has 1 aliphatic rings. The summed E-state index contributed by atoms with van der Waals surface area (Å²) in [4.78, 5) is 0. The third-order valence-corrected chi connectivity index (χ3v) is 5.68. The van der Waals surface area contributed by atoms with E-state index < -0.39 is 11.6 Å². The summed E-state index contributed by atoms with van der Waals surface area (Å²) >= 11 is 14.4. The number of benzene rings is 2. The Hall–Kier alpha value is 0.220. The van der Waals surface area contributed by atoms with E-state index in [1.54, 1.807) is 0 Å². The van der Waals surface area contributed by atoms with Crippen LogP contribution in [0, 0.1) is 0 Å². The molecule has 3 rings (SSSR count). The Balaban J connectivity index is 0.000000436. The normalized spacial score (nSPS) is 12.9. The third kappa shape index (κ3) is 4.62. The molecule has 0 N–H and O–H groups in total. The van der Waals surface area contributed by atoms with Crippen molar-refractivity contribution in [1.82, 2.24) is 0 Å². The van der Waals surface area contributed by atoms with Crippen LogP contribution in [-0.2, 0) is 0 Å². The smallest absolute Gasteiger partial charge is 0.180 e. The lowest BCUT2D eigenvalue weighted by atomic mass is 10.1. The molecule has 0 saturated carbocycles. The van der Waals surface area contributed by atoms with Gasteiger partial charge in [-0.25, -0.2) is 0 Å². The van der Waals surface area contributed by atoms with E-state index in [4.69, 9.17) is 34.8 Å². The van der Waals surface area contributed by atoms with Gasteiger partial charge in [0.25, 0.3) is 0 Å². The Labute approximate surface area is 159 Å². The summed E-state index contributed by atoms with van der Waals surface area (Å²) in [7, 11) is -0.928. The third-order valence-electron chi connectivity index (χ3n) is 3.58. The van der Waals surface area contributed by atoms with Gasteiger partial charge in [0, 0.05) is 38.4 Å². The minimum Gasteiger partial charge on any atom is -1.00 e. The van der Waals surface area contributed by atoms with Crippen LogP contribution in [0.5, 0.6) is 0 Å². The molecule has 0 bridgehead atoms. The maximum absolute atomic E-state index is 4.81. The molecule has 0 saturated heterocycles. The van der Waals surface area contributed by atoms with Crippen molar-refractivity contribution >= 4 is 42.1 Å². The number of alkyl halides is 3. The molecule has 22 heavy (non-hydrogen) atoms. The number of fused-ring (bicyclic) bond motifs is 3. The van der Waals surface area contributed by atoms with Crippen LogP contribution in [-0.4, -0.2) is 24.3 Å². The fourth-order valence-electron chi connectivity index (χ4n) is 2.96. The van der Waals surface area contributed by atoms with E-state index in [1.165, 1.54) is 22.3 Å². The molecule has 5 heteroatoms. The first-order chi connectivity index (χ1) is 9.82. The Kier molecular flexibility index (Phi) is 7.70. The maximum atomic E-state index is 4.81. The molecule has 0 unspecified atom stereocenters. The Morgan fingerprint density at radius 2 is 1.09 bits per heavy atom. The summed E-state index contributed by atoms with van der Waals surface area (Å²) < 4.78 is -0.750. The molecule has 0 radical (unpaired) electrons. The summed E-state index contributed by atoms with van der Waals surface area (Å²) in [5.74, 6) is 0. The van der Waals surface area contributed by atoms with E-state index >= 15 is 0 Å². The zero-order chi connectivity index (χ0) is 15.6. The van der Waals surface area contributed by atoms with Crippen LogP contribution in [0.15, 0.2) is 48.5 Å². The van der Waals surface area contributed by atoms with Crippen LogP contribution in [0.25, 0.3) is 11.1 Å². The van der Waals surface area contributed by atoms with Crippen LogP contribution in [0.1, 0.15) is 16.8 Å². The second-order valence-electron chi connectivity index (χ2n) is 5.94. The highest BCUT2D eigenvalue weighted by molar-refractivity contribution is 7.74. The fraction of sp³-hybridized carbons (Fsp3) is 0.294. The molecule has 2 aromatic carbocycles. The summed E-state index contributed by atoms with van der Waals surface area (Å²) in [6, 6.07) is 17.8. The monoisotopic (exact) mass is 438 g/mol. The number of hydrogen-bond acceptors (Lipinski definition) is 0. The predicted octanol–water partition coefficient (Wildman–Crippen LogP) is 3.65. The van der Waals surface area contributed by atoms with E-state index in [1.807, 2.05) is 0 Å². The molecule has 0 atom stereocenters. The molecule has 0 aromatic heterocycles. The number of hydrogen-bond donors (Lipinski definition) is 0. The second-order valence-corrected chi connectivity index (χ2v) is 12.7. The first-order valence-electron chi connectivity index (χ1n) is 6.74. The average molecular weight is 441 g/mol. The second kappa shape index (κ2) is 8.36.